The monoisotopic (exact) mass is 358 g/mol. The van der Waals surface area contributed by atoms with Crippen LogP contribution in [-0.4, -0.2) is 44.8 Å². The number of aromatic carboxylic acids is 1. The number of aromatic nitrogens is 3. The summed E-state index contributed by atoms with van der Waals surface area (Å²) < 4.78 is 42.6. The Bertz CT molecular complexity index is 789. The number of carboxylic acid groups (broad SMARTS) is 1. The Labute approximate surface area is 139 Å². The van der Waals surface area contributed by atoms with Crippen LogP contribution in [-0.2, 0) is 11.3 Å². The number of aryl methyl sites for hydroxylation is 1. The molecule has 1 aromatic carbocycles. The first-order valence-electron chi connectivity index (χ1n) is 6.87. The molecule has 8 nitrogen and oxygen atoms in total. The lowest BCUT2D eigenvalue weighted by Crippen LogP contribution is -2.22. The summed E-state index contributed by atoms with van der Waals surface area (Å²) in [6.07, 6.45) is -3.46. The fraction of sp³-hybridized carbons (Fsp3) is 0.286. The van der Waals surface area contributed by atoms with Crippen LogP contribution in [0.3, 0.4) is 0 Å². The van der Waals surface area contributed by atoms with Crippen molar-refractivity contribution in [1.82, 2.24) is 15.0 Å². The van der Waals surface area contributed by atoms with Crippen molar-refractivity contribution in [3.8, 4) is 5.75 Å². The molecule has 0 spiro atoms. The molecule has 1 aromatic heterocycles. The minimum Gasteiger partial charge on any atom is -0.482 e. The van der Waals surface area contributed by atoms with Gasteiger partial charge in [-0.3, -0.25) is 4.79 Å². The quantitative estimate of drug-likeness (QED) is 0.816. The average Bonchev–Trinajstić information content (AvgIpc) is 2.95. The predicted octanol–water partition coefficient (Wildman–Crippen LogP) is 1.86. The SMILES string of the molecule is Cc1ccc(NC(=O)Cn2cc(C(=O)O)nn2)c(OCC(F)(F)F)c1. The van der Waals surface area contributed by atoms with E-state index < -0.39 is 24.7 Å². The summed E-state index contributed by atoms with van der Waals surface area (Å²) in [5.41, 5.74) is 0.369. The highest BCUT2D eigenvalue weighted by Gasteiger charge is 2.29. The van der Waals surface area contributed by atoms with Gasteiger partial charge in [0.05, 0.1) is 11.9 Å². The van der Waals surface area contributed by atoms with Crippen LogP contribution >= 0.6 is 0 Å². The molecule has 11 heteroatoms. The van der Waals surface area contributed by atoms with Gasteiger partial charge in [-0.25, -0.2) is 9.48 Å². The highest BCUT2D eigenvalue weighted by atomic mass is 19.4. The number of halogens is 3. The Morgan fingerprint density at radius 1 is 1.36 bits per heavy atom. The van der Waals surface area contributed by atoms with Gasteiger partial charge in [0.1, 0.15) is 12.3 Å². The third-order valence-corrected chi connectivity index (χ3v) is 2.87. The Kier molecular flexibility index (Phi) is 5.25. The van der Waals surface area contributed by atoms with E-state index in [1.54, 1.807) is 13.0 Å². The zero-order valence-corrected chi connectivity index (χ0v) is 12.9. The maximum absolute atomic E-state index is 12.3. The second kappa shape index (κ2) is 7.20. The lowest BCUT2D eigenvalue weighted by atomic mass is 10.2. The molecule has 2 rings (SSSR count). The highest BCUT2D eigenvalue weighted by Crippen LogP contribution is 2.28. The maximum Gasteiger partial charge on any atom is 0.422 e. The zero-order chi connectivity index (χ0) is 18.6. The van der Waals surface area contributed by atoms with E-state index >= 15 is 0 Å². The molecular weight excluding hydrogens is 345 g/mol. The summed E-state index contributed by atoms with van der Waals surface area (Å²) in [7, 11) is 0. The van der Waals surface area contributed by atoms with E-state index in [-0.39, 0.29) is 23.7 Å². The predicted molar refractivity (Wildman–Crippen MR) is 78.3 cm³/mol. The van der Waals surface area contributed by atoms with Crippen LogP contribution in [0.5, 0.6) is 5.75 Å². The molecule has 0 aliphatic carbocycles. The van der Waals surface area contributed by atoms with Crippen LogP contribution in [0, 0.1) is 6.92 Å². The van der Waals surface area contributed by atoms with Gasteiger partial charge in [-0.1, -0.05) is 11.3 Å². The van der Waals surface area contributed by atoms with Crippen LogP contribution in [0.15, 0.2) is 24.4 Å². The van der Waals surface area contributed by atoms with E-state index in [1.807, 2.05) is 0 Å². The summed E-state index contributed by atoms with van der Waals surface area (Å²) in [6, 6.07) is 4.36. The molecule has 0 saturated heterocycles. The molecular formula is C14H13F3N4O4. The second-order valence-corrected chi connectivity index (χ2v) is 5.06. The van der Waals surface area contributed by atoms with Crippen LogP contribution < -0.4 is 10.1 Å². The van der Waals surface area contributed by atoms with Gasteiger partial charge >= 0.3 is 12.1 Å². The molecule has 0 radical (unpaired) electrons. The molecule has 2 N–H and O–H groups in total. The van der Waals surface area contributed by atoms with E-state index in [1.165, 1.54) is 12.1 Å². The molecule has 0 aliphatic heterocycles. The van der Waals surface area contributed by atoms with Gasteiger partial charge in [-0.15, -0.1) is 5.10 Å². The number of anilines is 1. The molecule has 0 atom stereocenters. The zero-order valence-electron chi connectivity index (χ0n) is 12.9. The number of amides is 1. The third-order valence-electron chi connectivity index (χ3n) is 2.87. The van der Waals surface area contributed by atoms with Gasteiger partial charge < -0.3 is 15.2 Å². The summed E-state index contributed by atoms with van der Waals surface area (Å²) >= 11 is 0. The van der Waals surface area contributed by atoms with Crippen LogP contribution in [0.1, 0.15) is 16.1 Å². The second-order valence-electron chi connectivity index (χ2n) is 5.06. The van der Waals surface area contributed by atoms with Gasteiger partial charge in [0.15, 0.2) is 12.3 Å². The number of benzene rings is 1. The first-order chi connectivity index (χ1) is 11.6. The van der Waals surface area contributed by atoms with E-state index in [0.29, 0.717) is 5.56 Å². The van der Waals surface area contributed by atoms with Gasteiger partial charge in [0.25, 0.3) is 0 Å². The van der Waals surface area contributed by atoms with Crippen molar-refractivity contribution in [2.75, 3.05) is 11.9 Å². The van der Waals surface area contributed by atoms with Gasteiger partial charge in [-0.05, 0) is 24.6 Å². The molecule has 25 heavy (non-hydrogen) atoms. The van der Waals surface area contributed by atoms with Crippen LogP contribution in [0.4, 0.5) is 18.9 Å². The lowest BCUT2D eigenvalue weighted by molar-refractivity contribution is -0.153. The third kappa shape index (κ3) is 5.48. The first kappa shape index (κ1) is 18.2. The number of nitrogens with one attached hydrogen (secondary N) is 1. The van der Waals surface area contributed by atoms with E-state index in [2.05, 4.69) is 15.6 Å². The number of carboxylic acids is 1. The Hall–Kier alpha value is -3.11. The largest absolute Gasteiger partial charge is 0.482 e. The topological polar surface area (TPSA) is 106 Å². The van der Waals surface area contributed by atoms with Crippen molar-refractivity contribution < 1.29 is 32.6 Å². The summed E-state index contributed by atoms with van der Waals surface area (Å²) in [6.45, 7) is -0.202. The van der Waals surface area contributed by atoms with Gasteiger partial charge in [-0.2, -0.15) is 13.2 Å². The van der Waals surface area contributed by atoms with Crippen molar-refractivity contribution in [3.05, 3.63) is 35.7 Å². The lowest BCUT2D eigenvalue weighted by Gasteiger charge is -2.14. The van der Waals surface area contributed by atoms with Crippen molar-refractivity contribution in [3.63, 3.8) is 0 Å². The molecule has 0 unspecified atom stereocenters. The minimum atomic E-state index is -4.51. The maximum atomic E-state index is 12.3. The number of hydrogen-bond donors (Lipinski definition) is 2. The number of hydrogen-bond acceptors (Lipinski definition) is 5. The number of nitrogens with zero attached hydrogens (tertiary/aromatic N) is 3. The first-order valence-corrected chi connectivity index (χ1v) is 6.87. The molecule has 2 aromatic rings. The van der Waals surface area contributed by atoms with Crippen LogP contribution in [0.25, 0.3) is 0 Å². The molecule has 1 amide bonds. The number of carbonyl (C=O) groups excluding carboxylic acids is 1. The van der Waals surface area contributed by atoms with E-state index in [4.69, 9.17) is 9.84 Å². The molecule has 0 fully saturated rings. The fourth-order valence-corrected chi connectivity index (χ4v) is 1.82. The average molecular weight is 358 g/mol. The Morgan fingerprint density at radius 2 is 2.08 bits per heavy atom. The Morgan fingerprint density at radius 3 is 2.68 bits per heavy atom. The number of ether oxygens (including phenoxy) is 1. The van der Waals surface area contributed by atoms with E-state index in [9.17, 15) is 22.8 Å². The van der Waals surface area contributed by atoms with Crippen molar-refractivity contribution in [2.24, 2.45) is 0 Å². The van der Waals surface area contributed by atoms with Gasteiger partial charge in [0, 0.05) is 0 Å². The Balaban J connectivity index is 2.07. The summed E-state index contributed by atoms with van der Waals surface area (Å²) in [4.78, 5) is 22.7. The summed E-state index contributed by atoms with van der Waals surface area (Å²) in [5, 5.41) is 17.9. The molecule has 1 heterocycles. The number of alkyl halides is 3. The van der Waals surface area contributed by atoms with E-state index in [0.717, 1.165) is 10.9 Å². The normalized spacial score (nSPS) is 11.2. The minimum absolute atomic E-state index is 0.0541. The standard InChI is InChI=1S/C14H13F3N4O4/c1-8-2-3-9(11(4-8)25-7-14(15,16)17)18-12(22)6-21-5-10(13(23)24)19-20-21/h2-5H,6-7H2,1H3,(H,18,22)(H,23,24). The van der Waals surface area contributed by atoms with Crippen molar-refractivity contribution >= 4 is 17.6 Å². The number of carbonyl (C=O) groups is 2. The smallest absolute Gasteiger partial charge is 0.422 e. The number of rotatable bonds is 6. The molecule has 0 saturated carbocycles. The van der Waals surface area contributed by atoms with Crippen molar-refractivity contribution in [1.29, 1.82) is 0 Å². The van der Waals surface area contributed by atoms with Gasteiger partial charge in [0.2, 0.25) is 5.91 Å². The molecule has 0 bridgehead atoms. The summed E-state index contributed by atoms with van der Waals surface area (Å²) in [5.74, 6) is -2.06. The highest BCUT2D eigenvalue weighted by molar-refractivity contribution is 5.92. The fourth-order valence-electron chi connectivity index (χ4n) is 1.82. The van der Waals surface area contributed by atoms with Crippen LogP contribution in [0.2, 0.25) is 0 Å². The molecule has 0 aliphatic rings. The van der Waals surface area contributed by atoms with Crippen molar-refractivity contribution in [2.45, 2.75) is 19.6 Å². The molecule has 134 valence electrons.